The maximum absolute atomic E-state index is 11.3. The van der Waals surface area contributed by atoms with Crippen molar-refractivity contribution in [2.24, 2.45) is 5.92 Å². The van der Waals surface area contributed by atoms with Gasteiger partial charge in [0, 0.05) is 19.5 Å². The Hall–Kier alpha value is -0.810. The molecule has 0 aromatic carbocycles. The molecular weight excluding hydrogens is 232 g/mol. The molecule has 0 aromatic heterocycles. The van der Waals surface area contributed by atoms with Gasteiger partial charge in [0.1, 0.15) is 0 Å². The van der Waals surface area contributed by atoms with Crippen LogP contribution in [0.2, 0.25) is 0 Å². The zero-order chi connectivity index (χ0) is 11.1. The molecule has 0 saturated carbocycles. The van der Waals surface area contributed by atoms with Crippen LogP contribution in [0, 0.1) is 5.92 Å². The monoisotopic (exact) mass is 250 g/mol. The smallest absolute Gasteiger partial charge is 0.310 e. The number of esters is 1. The average Bonchev–Trinajstić information content (AvgIpc) is 2.26. The second-order valence-corrected chi connectivity index (χ2v) is 3.67. The minimum Gasteiger partial charge on any atom is -0.469 e. The van der Waals surface area contributed by atoms with Crippen molar-refractivity contribution in [1.29, 1.82) is 0 Å². The quantitative estimate of drug-likeness (QED) is 0.648. The van der Waals surface area contributed by atoms with Gasteiger partial charge in [0.25, 0.3) is 0 Å². The van der Waals surface area contributed by atoms with E-state index in [1.165, 1.54) is 7.11 Å². The molecule has 1 aliphatic heterocycles. The molecule has 1 fully saturated rings. The van der Waals surface area contributed by atoms with Gasteiger partial charge in [-0.3, -0.25) is 9.59 Å². The van der Waals surface area contributed by atoms with Gasteiger partial charge in [-0.15, -0.1) is 12.4 Å². The maximum atomic E-state index is 11.3. The summed E-state index contributed by atoms with van der Waals surface area (Å²) in [4.78, 5) is 22.6. The Labute approximate surface area is 102 Å². The predicted octanol–water partition coefficient (Wildman–Crippen LogP) is 0.0871. The number of carbonyl (C=O) groups is 2. The van der Waals surface area contributed by atoms with E-state index in [2.05, 4.69) is 15.4 Å². The van der Waals surface area contributed by atoms with Crippen LogP contribution < -0.4 is 10.6 Å². The number of rotatable bonds is 1. The van der Waals surface area contributed by atoms with E-state index in [1.807, 2.05) is 0 Å². The highest BCUT2D eigenvalue weighted by molar-refractivity contribution is 5.85. The van der Waals surface area contributed by atoms with E-state index < -0.39 is 0 Å². The summed E-state index contributed by atoms with van der Waals surface area (Å²) in [6.07, 6.45) is 2.14. The summed E-state index contributed by atoms with van der Waals surface area (Å²) in [6, 6.07) is 0. The molecule has 1 unspecified atom stereocenters. The normalized spacial score (nSPS) is 22.6. The average molecular weight is 251 g/mol. The number of methoxy groups -OCH3 is 1. The lowest BCUT2D eigenvalue weighted by Gasteiger charge is -2.17. The number of amides is 1. The third-order valence-corrected chi connectivity index (χ3v) is 2.52. The van der Waals surface area contributed by atoms with Crippen molar-refractivity contribution >= 4 is 24.3 Å². The molecular formula is C10H19ClN2O3. The Morgan fingerprint density at radius 3 is 2.88 bits per heavy atom. The summed E-state index contributed by atoms with van der Waals surface area (Å²) >= 11 is 0. The van der Waals surface area contributed by atoms with Crippen molar-refractivity contribution in [1.82, 2.24) is 10.6 Å². The molecule has 1 atom stereocenters. The third kappa shape index (κ3) is 5.32. The Morgan fingerprint density at radius 2 is 2.19 bits per heavy atom. The standard InChI is InChI=1S/C10H18N2O3.ClH/c1-15-10(14)8-3-2-5-11-6-4-9(13)12-7-8;/h8,11H,2-7H2,1H3,(H,12,13);1H. The summed E-state index contributed by atoms with van der Waals surface area (Å²) < 4.78 is 4.68. The fourth-order valence-corrected chi connectivity index (χ4v) is 1.60. The molecule has 1 rings (SSSR count). The Morgan fingerprint density at radius 1 is 1.44 bits per heavy atom. The summed E-state index contributed by atoms with van der Waals surface area (Å²) in [7, 11) is 1.38. The Kier molecular flexibility index (Phi) is 7.93. The number of ether oxygens (including phenoxy) is 1. The van der Waals surface area contributed by atoms with E-state index in [-0.39, 0.29) is 30.2 Å². The van der Waals surface area contributed by atoms with Crippen LogP contribution >= 0.6 is 12.4 Å². The van der Waals surface area contributed by atoms with Gasteiger partial charge in [0.15, 0.2) is 0 Å². The second kappa shape index (κ2) is 8.35. The number of hydrogen-bond acceptors (Lipinski definition) is 4. The van der Waals surface area contributed by atoms with Crippen LogP contribution in [0.25, 0.3) is 0 Å². The van der Waals surface area contributed by atoms with E-state index in [4.69, 9.17) is 0 Å². The molecule has 5 nitrogen and oxygen atoms in total. The van der Waals surface area contributed by atoms with E-state index in [0.29, 0.717) is 19.5 Å². The molecule has 1 heterocycles. The first-order valence-corrected chi connectivity index (χ1v) is 5.29. The highest BCUT2D eigenvalue weighted by atomic mass is 35.5. The van der Waals surface area contributed by atoms with Gasteiger partial charge >= 0.3 is 5.97 Å². The van der Waals surface area contributed by atoms with Crippen LogP contribution in [0.5, 0.6) is 0 Å². The minimum atomic E-state index is -0.240. The van der Waals surface area contributed by atoms with Gasteiger partial charge < -0.3 is 15.4 Å². The first kappa shape index (κ1) is 15.2. The van der Waals surface area contributed by atoms with Crippen LogP contribution in [-0.4, -0.2) is 38.6 Å². The number of carbonyl (C=O) groups excluding carboxylic acids is 2. The van der Waals surface area contributed by atoms with Crippen molar-refractivity contribution in [2.75, 3.05) is 26.7 Å². The summed E-state index contributed by atoms with van der Waals surface area (Å²) in [5.74, 6) is -0.465. The molecule has 1 amide bonds. The molecule has 1 aliphatic rings. The second-order valence-electron chi connectivity index (χ2n) is 3.67. The molecule has 1 saturated heterocycles. The molecule has 6 heteroatoms. The van der Waals surface area contributed by atoms with Gasteiger partial charge in [0.2, 0.25) is 5.91 Å². The molecule has 0 aliphatic carbocycles. The van der Waals surface area contributed by atoms with E-state index in [9.17, 15) is 9.59 Å². The van der Waals surface area contributed by atoms with Crippen molar-refractivity contribution < 1.29 is 14.3 Å². The molecule has 0 bridgehead atoms. The van der Waals surface area contributed by atoms with Crippen molar-refractivity contribution in [2.45, 2.75) is 19.3 Å². The lowest BCUT2D eigenvalue weighted by molar-refractivity contribution is -0.145. The van der Waals surface area contributed by atoms with Crippen LogP contribution in [0.3, 0.4) is 0 Å². The number of halogens is 1. The molecule has 0 aromatic rings. The highest BCUT2D eigenvalue weighted by Gasteiger charge is 2.20. The number of nitrogens with one attached hydrogen (secondary N) is 2. The van der Waals surface area contributed by atoms with Gasteiger partial charge in [-0.25, -0.2) is 0 Å². The minimum absolute atomic E-state index is 0. The van der Waals surface area contributed by atoms with Gasteiger partial charge in [-0.2, -0.15) is 0 Å². The lowest BCUT2D eigenvalue weighted by Crippen LogP contribution is -2.36. The van der Waals surface area contributed by atoms with Crippen molar-refractivity contribution in [3.63, 3.8) is 0 Å². The summed E-state index contributed by atoms with van der Waals surface area (Å²) in [6.45, 7) is 1.95. The summed E-state index contributed by atoms with van der Waals surface area (Å²) in [5.41, 5.74) is 0. The van der Waals surface area contributed by atoms with Gasteiger partial charge in [0.05, 0.1) is 13.0 Å². The van der Waals surface area contributed by atoms with Gasteiger partial charge in [-0.1, -0.05) is 0 Å². The fourth-order valence-electron chi connectivity index (χ4n) is 1.60. The third-order valence-electron chi connectivity index (χ3n) is 2.52. The molecule has 94 valence electrons. The Bertz CT molecular complexity index is 236. The van der Waals surface area contributed by atoms with Crippen molar-refractivity contribution in [3.05, 3.63) is 0 Å². The highest BCUT2D eigenvalue weighted by Crippen LogP contribution is 2.08. The van der Waals surface area contributed by atoms with Crippen LogP contribution in [0.4, 0.5) is 0 Å². The number of hydrogen-bond donors (Lipinski definition) is 2. The van der Waals surface area contributed by atoms with Crippen molar-refractivity contribution in [3.8, 4) is 0 Å². The van der Waals surface area contributed by atoms with E-state index >= 15 is 0 Å². The topological polar surface area (TPSA) is 67.4 Å². The Balaban J connectivity index is 0.00000225. The molecule has 2 N–H and O–H groups in total. The fraction of sp³-hybridized carbons (Fsp3) is 0.800. The van der Waals surface area contributed by atoms with Gasteiger partial charge in [-0.05, 0) is 19.4 Å². The molecule has 0 spiro atoms. The SMILES string of the molecule is COC(=O)C1CCCNCCC(=O)NC1.Cl. The van der Waals surface area contributed by atoms with E-state index in [1.54, 1.807) is 0 Å². The first-order valence-electron chi connectivity index (χ1n) is 5.29. The lowest BCUT2D eigenvalue weighted by atomic mass is 10.0. The maximum Gasteiger partial charge on any atom is 0.310 e. The zero-order valence-electron chi connectivity index (χ0n) is 9.45. The molecule has 16 heavy (non-hydrogen) atoms. The molecule has 0 radical (unpaired) electrons. The zero-order valence-corrected chi connectivity index (χ0v) is 10.3. The summed E-state index contributed by atoms with van der Waals surface area (Å²) in [5, 5.41) is 5.89. The van der Waals surface area contributed by atoms with Crippen LogP contribution in [0.15, 0.2) is 0 Å². The van der Waals surface area contributed by atoms with Crippen LogP contribution in [-0.2, 0) is 14.3 Å². The van der Waals surface area contributed by atoms with E-state index in [0.717, 1.165) is 19.4 Å². The van der Waals surface area contributed by atoms with Crippen LogP contribution in [0.1, 0.15) is 19.3 Å². The predicted molar refractivity (Wildman–Crippen MR) is 62.5 cm³/mol. The first-order chi connectivity index (χ1) is 7.24. The largest absolute Gasteiger partial charge is 0.469 e.